The molecule has 88 valence electrons. The van der Waals surface area contributed by atoms with E-state index in [9.17, 15) is 4.79 Å². The first-order valence-corrected chi connectivity index (χ1v) is 6.69. The van der Waals surface area contributed by atoms with Crippen molar-refractivity contribution in [3.8, 4) is 6.19 Å². The molecule has 0 fully saturated rings. The molecule has 0 aliphatic carbocycles. The van der Waals surface area contributed by atoms with E-state index in [0.29, 0.717) is 16.4 Å². The van der Waals surface area contributed by atoms with Gasteiger partial charge in [-0.05, 0) is 41.2 Å². The summed E-state index contributed by atoms with van der Waals surface area (Å²) in [5.74, 6) is -0.0672. The van der Waals surface area contributed by atoms with E-state index in [1.54, 1.807) is 30.6 Å². The number of carbonyl (C=O) groups is 1. The number of aliphatic imine (C=N–C) groups is 1. The van der Waals surface area contributed by atoms with Gasteiger partial charge in [-0.25, -0.2) is 4.99 Å². The maximum absolute atomic E-state index is 11.5. The summed E-state index contributed by atoms with van der Waals surface area (Å²) in [6, 6.07) is 5.28. The Kier molecular flexibility index (Phi) is 5.19. The van der Waals surface area contributed by atoms with Crippen molar-refractivity contribution in [2.24, 2.45) is 4.99 Å². The fraction of sp³-hybridized carbons (Fsp3) is 0.182. The molecule has 0 unspecified atom stereocenters. The predicted octanol–water partition coefficient (Wildman–Crippen LogP) is 3.07. The third kappa shape index (κ3) is 3.58. The molecule has 6 heteroatoms. The monoisotopic (exact) mass is 311 g/mol. The fourth-order valence-corrected chi connectivity index (χ4v) is 1.97. The van der Waals surface area contributed by atoms with Crippen LogP contribution in [0.1, 0.15) is 17.3 Å². The largest absolute Gasteiger partial charge is 0.294 e. The van der Waals surface area contributed by atoms with Gasteiger partial charge in [-0.2, -0.15) is 5.26 Å². The van der Waals surface area contributed by atoms with Crippen LogP contribution in [-0.2, 0) is 0 Å². The van der Waals surface area contributed by atoms with Gasteiger partial charge in [0.2, 0.25) is 0 Å². The minimum absolute atomic E-state index is 0.0672. The van der Waals surface area contributed by atoms with Gasteiger partial charge in [0, 0.05) is 10.0 Å². The van der Waals surface area contributed by atoms with Gasteiger partial charge in [0.1, 0.15) is 0 Å². The van der Waals surface area contributed by atoms with Gasteiger partial charge >= 0.3 is 0 Å². The molecule has 0 saturated carbocycles. The van der Waals surface area contributed by atoms with Gasteiger partial charge in [-0.1, -0.05) is 17.8 Å². The number of amidine groups is 1. The molecular formula is C11H10BrN3OS. The summed E-state index contributed by atoms with van der Waals surface area (Å²) in [6.07, 6.45) is 3.60. The third-order valence-electron chi connectivity index (χ3n) is 1.94. The van der Waals surface area contributed by atoms with Crippen LogP contribution in [0, 0.1) is 11.5 Å². The SMILES string of the molecule is CSC(=Nc1c(Br)cccc1C(C)=O)NC#N. The quantitative estimate of drug-likeness (QED) is 0.300. The molecule has 1 N–H and O–H groups in total. The Bertz CT molecular complexity index is 508. The smallest absolute Gasteiger partial charge is 0.183 e. The molecule has 0 spiro atoms. The number of nitrogens with zero attached hydrogens (tertiary/aromatic N) is 2. The Morgan fingerprint density at radius 1 is 1.59 bits per heavy atom. The zero-order valence-electron chi connectivity index (χ0n) is 9.32. The molecule has 1 aromatic carbocycles. The van der Waals surface area contributed by atoms with Crippen molar-refractivity contribution in [2.75, 3.05) is 6.26 Å². The van der Waals surface area contributed by atoms with Crippen molar-refractivity contribution in [2.45, 2.75) is 6.92 Å². The third-order valence-corrected chi connectivity index (χ3v) is 3.16. The Morgan fingerprint density at radius 2 is 2.29 bits per heavy atom. The van der Waals surface area contributed by atoms with Crippen molar-refractivity contribution in [1.29, 1.82) is 5.26 Å². The highest BCUT2D eigenvalue weighted by Crippen LogP contribution is 2.30. The Balaban J connectivity index is 3.30. The second kappa shape index (κ2) is 6.42. The number of halogens is 1. The van der Waals surface area contributed by atoms with E-state index in [1.165, 1.54) is 18.7 Å². The zero-order chi connectivity index (χ0) is 12.8. The molecule has 0 heterocycles. The summed E-state index contributed by atoms with van der Waals surface area (Å²) < 4.78 is 0.719. The summed E-state index contributed by atoms with van der Waals surface area (Å²) in [5, 5.41) is 11.5. The second-order valence-electron chi connectivity index (χ2n) is 3.05. The van der Waals surface area contributed by atoms with Gasteiger partial charge < -0.3 is 0 Å². The lowest BCUT2D eigenvalue weighted by atomic mass is 10.1. The minimum Gasteiger partial charge on any atom is -0.294 e. The van der Waals surface area contributed by atoms with Gasteiger partial charge in [0.05, 0.1) is 5.69 Å². The van der Waals surface area contributed by atoms with E-state index in [0.717, 1.165) is 4.47 Å². The molecule has 0 amide bonds. The number of nitriles is 1. The first-order chi connectivity index (χ1) is 8.10. The van der Waals surface area contributed by atoms with E-state index in [2.05, 4.69) is 26.2 Å². The number of benzene rings is 1. The Labute approximate surface area is 112 Å². The summed E-state index contributed by atoms with van der Waals surface area (Å²) in [4.78, 5) is 15.7. The van der Waals surface area contributed by atoms with Crippen molar-refractivity contribution < 1.29 is 4.79 Å². The number of para-hydroxylation sites is 1. The highest BCUT2D eigenvalue weighted by Gasteiger charge is 2.10. The highest BCUT2D eigenvalue weighted by molar-refractivity contribution is 9.10. The van der Waals surface area contributed by atoms with Gasteiger partial charge in [0.25, 0.3) is 0 Å². The first kappa shape index (κ1) is 13.7. The maximum atomic E-state index is 11.5. The van der Waals surface area contributed by atoms with Crippen molar-refractivity contribution in [3.05, 3.63) is 28.2 Å². The summed E-state index contributed by atoms with van der Waals surface area (Å²) in [6.45, 7) is 1.48. The summed E-state index contributed by atoms with van der Waals surface area (Å²) in [7, 11) is 0. The lowest BCUT2D eigenvalue weighted by Gasteiger charge is -2.06. The lowest BCUT2D eigenvalue weighted by Crippen LogP contribution is -2.12. The highest BCUT2D eigenvalue weighted by atomic mass is 79.9. The van der Waals surface area contributed by atoms with Crippen molar-refractivity contribution in [3.63, 3.8) is 0 Å². The van der Waals surface area contributed by atoms with E-state index in [4.69, 9.17) is 5.26 Å². The Morgan fingerprint density at radius 3 is 2.82 bits per heavy atom. The average molecular weight is 312 g/mol. The Hall–Kier alpha value is -1.32. The van der Waals surface area contributed by atoms with Crippen LogP contribution in [0.5, 0.6) is 0 Å². The molecule has 0 atom stereocenters. The van der Waals surface area contributed by atoms with Gasteiger partial charge in [-0.3, -0.25) is 10.1 Å². The molecule has 1 rings (SSSR count). The van der Waals surface area contributed by atoms with E-state index in [-0.39, 0.29) is 5.78 Å². The first-order valence-electron chi connectivity index (χ1n) is 4.67. The van der Waals surface area contributed by atoms with Crippen LogP contribution < -0.4 is 5.32 Å². The van der Waals surface area contributed by atoms with Gasteiger partial charge in [-0.15, -0.1) is 0 Å². The average Bonchev–Trinajstić information content (AvgIpc) is 2.30. The summed E-state index contributed by atoms with van der Waals surface area (Å²) >= 11 is 4.65. The zero-order valence-corrected chi connectivity index (χ0v) is 11.7. The van der Waals surface area contributed by atoms with Crippen LogP contribution in [-0.4, -0.2) is 17.2 Å². The number of ketones is 1. The number of thioether (sulfide) groups is 1. The number of rotatable bonds is 2. The minimum atomic E-state index is -0.0672. The normalized spacial score (nSPS) is 10.8. The number of hydrogen-bond acceptors (Lipinski definition) is 4. The van der Waals surface area contributed by atoms with Crippen LogP contribution in [0.15, 0.2) is 27.7 Å². The molecular weight excluding hydrogens is 302 g/mol. The van der Waals surface area contributed by atoms with Crippen LogP contribution in [0.2, 0.25) is 0 Å². The molecule has 17 heavy (non-hydrogen) atoms. The van der Waals surface area contributed by atoms with E-state index >= 15 is 0 Å². The molecule has 0 bridgehead atoms. The van der Waals surface area contributed by atoms with Crippen molar-refractivity contribution >= 4 is 44.3 Å². The topological polar surface area (TPSA) is 65.2 Å². The van der Waals surface area contributed by atoms with Crippen LogP contribution >= 0.6 is 27.7 Å². The summed E-state index contributed by atoms with van der Waals surface area (Å²) in [5.41, 5.74) is 1.05. The lowest BCUT2D eigenvalue weighted by molar-refractivity contribution is 0.101. The molecule has 4 nitrogen and oxygen atoms in total. The van der Waals surface area contributed by atoms with Gasteiger partial charge in [0.15, 0.2) is 17.1 Å². The molecule has 0 aromatic heterocycles. The molecule has 0 saturated heterocycles. The van der Waals surface area contributed by atoms with E-state index in [1.807, 2.05) is 0 Å². The number of nitrogens with one attached hydrogen (secondary N) is 1. The van der Waals surface area contributed by atoms with E-state index < -0.39 is 0 Å². The molecule has 0 radical (unpaired) electrons. The molecule has 0 aliphatic heterocycles. The number of hydrogen-bond donors (Lipinski definition) is 1. The maximum Gasteiger partial charge on any atom is 0.183 e. The standard InChI is InChI=1S/C11H10BrN3OS/c1-7(16)8-4-3-5-9(12)10(8)15-11(17-2)14-6-13/h3-5H,1-2H3,(H,14,15). The van der Waals surface area contributed by atoms with Crippen LogP contribution in [0.25, 0.3) is 0 Å². The molecule has 0 aliphatic rings. The fourth-order valence-electron chi connectivity index (χ4n) is 1.19. The number of carbonyl (C=O) groups excluding carboxylic acids is 1. The van der Waals surface area contributed by atoms with Crippen LogP contribution in [0.3, 0.4) is 0 Å². The van der Waals surface area contributed by atoms with Crippen LogP contribution in [0.4, 0.5) is 5.69 Å². The molecule has 1 aromatic rings. The number of Topliss-reactive ketones (excluding diaryl/α,β-unsaturated/α-hetero) is 1. The van der Waals surface area contributed by atoms with Crippen molar-refractivity contribution in [1.82, 2.24) is 5.32 Å². The predicted molar refractivity (Wildman–Crippen MR) is 73.5 cm³/mol. The second-order valence-corrected chi connectivity index (χ2v) is 4.70.